The first-order chi connectivity index (χ1) is 13.8. The number of nitrogens with two attached hydrogens (primary N) is 1. The van der Waals surface area contributed by atoms with Gasteiger partial charge in [0.2, 0.25) is 0 Å². The minimum atomic E-state index is -0.985. The van der Waals surface area contributed by atoms with Crippen molar-refractivity contribution in [1.82, 2.24) is 0 Å². The van der Waals surface area contributed by atoms with Gasteiger partial charge in [0.05, 0.1) is 11.7 Å². The number of aromatic carboxylic acids is 1. The highest BCUT2D eigenvalue weighted by atomic mass is 16.4. The van der Waals surface area contributed by atoms with Crippen LogP contribution in [0.2, 0.25) is 0 Å². The van der Waals surface area contributed by atoms with Gasteiger partial charge < -0.3 is 15.9 Å². The summed E-state index contributed by atoms with van der Waals surface area (Å²) in [6.07, 6.45) is 13.2. The summed E-state index contributed by atoms with van der Waals surface area (Å²) in [6, 6.07) is 6.60. The molecule has 4 aliphatic carbocycles. The number of rotatable bonds is 7. The van der Waals surface area contributed by atoms with Gasteiger partial charge in [-0.3, -0.25) is 0 Å². The molecule has 0 aliphatic heterocycles. The standard InChI is InChI=1S/C13H23N.C12H16O3/c1-2-3-12-5-10-4-11(6-12)8-13(14,7-10)9-12;1-2-3-8-11(13)9-6-4-5-7-10(9)12(14)15/h10-11H,2-9,14H2,1H3;4-7,11,13H,2-3,8H2,1H3,(H,14,15). The van der Waals surface area contributed by atoms with Crippen LogP contribution in [0.1, 0.15) is 107 Å². The lowest BCUT2D eigenvalue weighted by Crippen LogP contribution is -2.59. The van der Waals surface area contributed by atoms with Crippen molar-refractivity contribution in [3.63, 3.8) is 0 Å². The van der Waals surface area contributed by atoms with Crippen molar-refractivity contribution in [2.45, 2.75) is 96.1 Å². The third-order valence-corrected chi connectivity index (χ3v) is 7.39. The minimum absolute atomic E-state index is 0.195. The molecule has 4 bridgehead atoms. The van der Waals surface area contributed by atoms with Gasteiger partial charge >= 0.3 is 5.97 Å². The molecular formula is C25H39NO3. The van der Waals surface area contributed by atoms with Gasteiger partial charge in [-0.15, -0.1) is 0 Å². The number of carboxylic acid groups (broad SMARTS) is 1. The Morgan fingerprint density at radius 2 is 1.79 bits per heavy atom. The summed E-state index contributed by atoms with van der Waals surface area (Å²) in [5.74, 6) is 1.00. The monoisotopic (exact) mass is 401 g/mol. The first-order valence-electron chi connectivity index (χ1n) is 11.6. The minimum Gasteiger partial charge on any atom is -0.478 e. The van der Waals surface area contributed by atoms with Crippen LogP contribution in [0, 0.1) is 17.3 Å². The van der Waals surface area contributed by atoms with E-state index in [0.29, 0.717) is 17.4 Å². The van der Waals surface area contributed by atoms with Crippen LogP contribution in [0.3, 0.4) is 0 Å². The van der Waals surface area contributed by atoms with Crippen molar-refractivity contribution in [1.29, 1.82) is 0 Å². The van der Waals surface area contributed by atoms with Crippen LogP contribution >= 0.6 is 0 Å². The first-order valence-corrected chi connectivity index (χ1v) is 11.6. The summed E-state index contributed by atoms with van der Waals surface area (Å²) >= 11 is 0. The average Bonchev–Trinajstić information content (AvgIpc) is 2.64. The summed E-state index contributed by atoms with van der Waals surface area (Å²) < 4.78 is 0. The topological polar surface area (TPSA) is 83.5 Å². The quantitative estimate of drug-likeness (QED) is 0.548. The van der Waals surface area contributed by atoms with E-state index in [2.05, 4.69) is 6.92 Å². The van der Waals surface area contributed by atoms with Crippen molar-refractivity contribution >= 4 is 5.97 Å². The molecule has 0 aromatic heterocycles. The molecule has 1 aromatic carbocycles. The molecule has 0 spiro atoms. The van der Waals surface area contributed by atoms with Crippen molar-refractivity contribution in [3.8, 4) is 0 Å². The normalized spacial score (nSPS) is 33.1. The highest BCUT2D eigenvalue weighted by Crippen LogP contribution is 2.62. The van der Waals surface area contributed by atoms with Gasteiger partial charge in [-0.2, -0.15) is 0 Å². The van der Waals surface area contributed by atoms with E-state index in [4.69, 9.17) is 10.8 Å². The number of carboxylic acids is 1. The number of carbonyl (C=O) groups is 1. The number of benzene rings is 1. The maximum Gasteiger partial charge on any atom is 0.336 e. The summed E-state index contributed by atoms with van der Waals surface area (Å²) in [7, 11) is 0. The number of aliphatic hydroxyl groups is 1. The van der Waals surface area contributed by atoms with Crippen LogP contribution in [-0.4, -0.2) is 21.7 Å². The summed E-state index contributed by atoms with van der Waals surface area (Å²) in [5, 5.41) is 18.7. The van der Waals surface area contributed by atoms with Crippen molar-refractivity contribution in [2.75, 3.05) is 0 Å². The summed E-state index contributed by atoms with van der Waals surface area (Å²) in [5.41, 5.74) is 8.20. The Morgan fingerprint density at radius 1 is 1.14 bits per heavy atom. The van der Waals surface area contributed by atoms with Gasteiger partial charge in [0, 0.05) is 5.54 Å². The fourth-order valence-electron chi connectivity index (χ4n) is 6.88. The fraction of sp³-hybridized carbons (Fsp3) is 0.720. The van der Waals surface area contributed by atoms with Crippen LogP contribution in [0.25, 0.3) is 0 Å². The fourth-order valence-corrected chi connectivity index (χ4v) is 6.88. The molecule has 4 heteroatoms. The molecule has 4 nitrogen and oxygen atoms in total. The average molecular weight is 402 g/mol. The molecule has 3 unspecified atom stereocenters. The number of hydrogen-bond acceptors (Lipinski definition) is 3. The molecule has 5 rings (SSSR count). The number of aliphatic hydroxyl groups excluding tert-OH is 1. The zero-order chi connectivity index (χ0) is 21.1. The Labute approximate surface area is 175 Å². The molecule has 0 heterocycles. The van der Waals surface area contributed by atoms with E-state index in [1.165, 1.54) is 57.4 Å². The molecule has 4 fully saturated rings. The van der Waals surface area contributed by atoms with Crippen LogP contribution in [-0.2, 0) is 0 Å². The predicted octanol–water partition coefficient (Wildman–Crippen LogP) is 5.69. The maximum absolute atomic E-state index is 10.9. The van der Waals surface area contributed by atoms with E-state index in [-0.39, 0.29) is 11.1 Å². The van der Waals surface area contributed by atoms with E-state index < -0.39 is 12.1 Å². The van der Waals surface area contributed by atoms with Gasteiger partial charge in [0.15, 0.2) is 0 Å². The van der Waals surface area contributed by atoms with Crippen molar-refractivity contribution < 1.29 is 15.0 Å². The second-order valence-electron chi connectivity index (χ2n) is 10.1. The summed E-state index contributed by atoms with van der Waals surface area (Å²) in [4.78, 5) is 10.9. The van der Waals surface area contributed by atoms with Gasteiger partial charge in [-0.05, 0) is 80.2 Å². The molecule has 0 saturated heterocycles. The van der Waals surface area contributed by atoms with Crippen molar-refractivity contribution in [2.24, 2.45) is 23.0 Å². The molecular weight excluding hydrogens is 362 g/mol. The lowest BCUT2D eigenvalue weighted by molar-refractivity contribution is -0.0714. The van der Waals surface area contributed by atoms with E-state index in [0.717, 1.165) is 24.7 Å². The summed E-state index contributed by atoms with van der Waals surface area (Å²) in [6.45, 7) is 4.37. The van der Waals surface area contributed by atoms with E-state index >= 15 is 0 Å². The van der Waals surface area contributed by atoms with E-state index in [1.54, 1.807) is 18.2 Å². The van der Waals surface area contributed by atoms with Crippen molar-refractivity contribution in [3.05, 3.63) is 35.4 Å². The molecule has 0 radical (unpaired) electrons. The lowest BCUT2D eigenvalue weighted by Gasteiger charge is -2.61. The van der Waals surface area contributed by atoms with Crippen LogP contribution < -0.4 is 5.73 Å². The van der Waals surface area contributed by atoms with E-state index in [9.17, 15) is 9.90 Å². The van der Waals surface area contributed by atoms with E-state index in [1.807, 2.05) is 6.92 Å². The smallest absolute Gasteiger partial charge is 0.336 e. The van der Waals surface area contributed by atoms with Crippen LogP contribution in [0.4, 0.5) is 0 Å². The van der Waals surface area contributed by atoms with Gasteiger partial charge in [-0.25, -0.2) is 4.79 Å². The largest absolute Gasteiger partial charge is 0.478 e. The third-order valence-electron chi connectivity index (χ3n) is 7.39. The maximum atomic E-state index is 10.9. The molecule has 1 aromatic rings. The Hall–Kier alpha value is -1.39. The van der Waals surface area contributed by atoms with Gasteiger partial charge in [-0.1, -0.05) is 51.3 Å². The number of hydrogen-bond donors (Lipinski definition) is 3. The molecule has 4 saturated carbocycles. The third kappa shape index (κ3) is 5.21. The van der Waals surface area contributed by atoms with Crippen LogP contribution in [0.5, 0.6) is 0 Å². The number of unbranched alkanes of at least 4 members (excludes halogenated alkanes) is 1. The SMILES string of the molecule is CCCC12CC3CC(CC(N)(C3)C1)C2.CCCCC(O)c1ccccc1C(=O)O. The first kappa shape index (κ1) is 22.3. The highest BCUT2D eigenvalue weighted by molar-refractivity contribution is 5.89. The molecule has 4 aliphatic rings. The highest BCUT2D eigenvalue weighted by Gasteiger charge is 2.55. The van der Waals surface area contributed by atoms with Crippen LogP contribution in [0.15, 0.2) is 24.3 Å². The zero-order valence-electron chi connectivity index (χ0n) is 18.2. The zero-order valence-corrected chi connectivity index (χ0v) is 18.2. The predicted molar refractivity (Wildman–Crippen MR) is 117 cm³/mol. The lowest BCUT2D eigenvalue weighted by atomic mass is 9.46. The molecule has 3 atom stereocenters. The Balaban J connectivity index is 0.000000166. The van der Waals surface area contributed by atoms with Gasteiger partial charge in [0.1, 0.15) is 0 Å². The molecule has 29 heavy (non-hydrogen) atoms. The Morgan fingerprint density at radius 3 is 2.34 bits per heavy atom. The molecule has 4 N–H and O–H groups in total. The Kier molecular flexibility index (Phi) is 7.06. The second-order valence-corrected chi connectivity index (χ2v) is 10.1. The second kappa shape index (κ2) is 9.18. The Bertz CT molecular complexity index is 687. The van der Waals surface area contributed by atoms with Gasteiger partial charge in [0.25, 0.3) is 0 Å². The molecule has 0 amide bonds. The molecule has 162 valence electrons.